The third-order valence-corrected chi connectivity index (χ3v) is 3.68. The summed E-state index contributed by atoms with van der Waals surface area (Å²) in [5, 5.41) is 3.91. The fourth-order valence-corrected chi connectivity index (χ4v) is 2.34. The smallest absolute Gasteiger partial charge is 0.416 e. The molecule has 0 atom stereocenters. The number of alkyl halides is 3. The maximum atomic E-state index is 12.6. The summed E-state index contributed by atoms with van der Waals surface area (Å²) in [7, 11) is 0. The number of halogens is 3. The van der Waals surface area contributed by atoms with Gasteiger partial charge in [0.05, 0.1) is 18.1 Å². The molecule has 0 spiro atoms. The van der Waals surface area contributed by atoms with Crippen LogP contribution in [0.5, 0.6) is 11.5 Å². The van der Waals surface area contributed by atoms with Crippen molar-refractivity contribution in [2.75, 3.05) is 0 Å². The lowest BCUT2D eigenvalue weighted by Gasteiger charge is -2.09. The fourth-order valence-electron chi connectivity index (χ4n) is 2.34. The third kappa shape index (κ3) is 3.66. The van der Waals surface area contributed by atoms with Crippen LogP contribution in [0.2, 0.25) is 0 Å². The van der Waals surface area contributed by atoms with E-state index in [0.29, 0.717) is 34.5 Å². The molecule has 0 radical (unpaired) electrons. The number of nitrogens with zero attached hydrogens (tertiary/aromatic N) is 3. The summed E-state index contributed by atoms with van der Waals surface area (Å²) in [6.07, 6.45) is -1.30. The SMILES string of the molecule is FC(F)(F)c1ccc(Oc2ccc(-c3noc(-c4cnc[nH]4)n3)cc2)cc1. The highest BCUT2D eigenvalue weighted by molar-refractivity contribution is 5.58. The lowest BCUT2D eigenvalue weighted by atomic mass is 10.2. The van der Waals surface area contributed by atoms with Gasteiger partial charge in [-0.3, -0.25) is 0 Å². The van der Waals surface area contributed by atoms with E-state index >= 15 is 0 Å². The molecule has 2 heterocycles. The van der Waals surface area contributed by atoms with Crippen LogP contribution in [0.4, 0.5) is 13.2 Å². The average Bonchev–Trinajstić information content (AvgIpc) is 3.34. The molecule has 27 heavy (non-hydrogen) atoms. The monoisotopic (exact) mass is 372 g/mol. The third-order valence-electron chi connectivity index (χ3n) is 3.68. The molecule has 0 aliphatic heterocycles. The minimum absolute atomic E-state index is 0.303. The van der Waals surface area contributed by atoms with Crippen LogP contribution in [0.15, 0.2) is 65.6 Å². The highest BCUT2D eigenvalue weighted by Crippen LogP contribution is 2.31. The molecule has 0 bridgehead atoms. The van der Waals surface area contributed by atoms with E-state index in [4.69, 9.17) is 9.26 Å². The number of aromatic nitrogens is 4. The maximum absolute atomic E-state index is 12.6. The van der Waals surface area contributed by atoms with Crippen LogP contribution in [0.3, 0.4) is 0 Å². The first-order valence-corrected chi connectivity index (χ1v) is 7.77. The average molecular weight is 372 g/mol. The van der Waals surface area contributed by atoms with Gasteiger partial charge in [-0.2, -0.15) is 18.2 Å². The van der Waals surface area contributed by atoms with Crippen molar-refractivity contribution in [2.24, 2.45) is 0 Å². The zero-order valence-electron chi connectivity index (χ0n) is 13.6. The van der Waals surface area contributed by atoms with Crippen LogP contribution in [0, 0.1) is 0 Å². The predicted molar refractivity (Wildman–Crippen MR) is 88.8 cm³/mol. The summed E-state index contributed by atoms with van der Waals surface area (Å²) in [6, 6.07) is 11.3. The normalized spacial score (nSPS) is 11.5. The Hall–Kier alpha value is -3.62. The second kappa shape index (κ2) is 6.60. The van der Waals surface area contributed by atoms with Crippen LogP contribution >= 0.6 is 0 Å². The van der Waals surface area contributed by atoms with Gasteiger partial charge in [0.25, 0.3) is 5.89 Å². The summed E-state index contributed by atoms with van der Waals surface area (Å²) in [6.45, 7) is 0. The van der Waals surface area contributed by atoms with E-state index in [1.54, 1.807) is 30.5 Å². The topological polar surface area (TPSA) is 76.8 Å². The number of ether oxygens (including phenoxy) is 1. The summed E-state index contributed by atoms with van der Waals surface area (Å²) in [4.78, 5) is 11.0. The van der Waals surface area contributed by atoms with Gasteiger partial charge in [0, 0.05) is 5.56 Å². The molecule has 2 aromatic carbocycles. The standard InChI is InChI=1S/C18H11F3N4O2/c19-18(20,21)12-3-7-14(8-4-12)26-13-5-1-11(2-6-13)16-24-17(27-25-16)15-9-22-10-23-15/h1-10H,(H,22,23). The van der Waals surface area contributed by atoms with E-state index in [0.717, 1.165) is 12.1 Å². The van der Waals surface area contributed by atoms with E-state index in [1.807, 2.05) is 0 Å². The Kier molecular flexibility index (Phi) is 4.11. The van der Waals surface area contributed by atoms with Crippen LogP contribution in [-0.4, -0.2) is 20.1 Å². The van der Waals surface area contributed by atoms with E-state index in [1.165, 1.54) is 18.5 Å². The number of imidazole rings is 1. The summed E-state index contributed by atoms with van der Waals surface area (Å²) in [5.74, 6) is 1.47. The predicted octanol–water partition coefficient (Wildman–Crippen LogP) is 4.94. The Bertz CT molecular complexity index is 1020. The van der Waals surface area contributed by atoms with Crippen molar-refractivity contribution >= 4 is 0 Å². The van der Waals surface area contributed by atoms with Crippen molar-refractivity contribution in [3.8, 4) is 34.5 Å². The molecule has 9 heteroatoms. The minimum Gasteiger partial charge on any atom is -0.457 e. The second-order valence-corrected chi connectivity index (χ2v) is 5.54. The first-order valence-electron chi connectivity index (χ1n) is 7.77. The largest absolute Gasteiger partial charge is 0.457 e. The van der Waals surface area contributed by atoms with E-state index in [-0.39, 0.29) is 0 Å². The summed E-state index contributed by atoms with van der Waals surface area (Å²) in [5.41, 5.74) is 0.579. The lowest BCUT2D eigenvalue weighted by molar-refractivity contribution is -0.137. The second-order valence-electron chi connectivity index (χ2n) is 5.54. The Labute approximate surface area is 150 Å². The van der Waals surface area contributed by atoms with Gasteiger partial charge < -0.3 is 14.2 Å². The van der Waals surface area contributed by atoms with Crippen LogP contribution in [-0.2, 0) is 6.18 Å². The highest BCUT2D eigenvalue weighted by Gasteiger charge is 2.30. The quantitative estimate of drug-likeness (QED) is 0.549. The Morgan fingerprint density at radius 1 is 0.926 bits per heavy atom. The minimum atomic E-state index is -4.38. The molecule has 0 saturated heterocycles. The van der Waals surface area contributed by atoms with E-state index in [9.17, 15) is 13.2 Å². The van der Waals surface area contributed by atoms with Gasteiger partial charge in [0.2, 0.25) is 5.82 Å². The first kappa shape index (κ1) is 16.8. The molecule has 0 aliphatic rings. The molecule has 0 unspecified atom stereocenters. The van der Waals surface area contributed by atoms with Gasteiger partial charge in [-0.15, -0.1) is 0 Å². The lowest BCUT2D eigenvalue weighted by Crippen LogP contribution is -2.03. The summed E-state index contributed by atoms with van der Waals surface area (Å²) >= 11 is 0. The van der Waals surface area contributed by atoms with Gasteiger partial charge >= 0.3 is 6.18 Å². The number of hydrogen-bond acceptors (Lipinski definition) is 5. The van der Waals surface area contributed by atoms with Crippen molar-refractivity contribution < 1.29 is 22.4 Å². The van der Waals surface area contributed by atoms with Crippen LogP contribution in [0.25, 0.3) is 23.0 Å². The molecule has 2 aromatic heterocycles. The fraction of sp³-hybridized carbons (Fsp3) is 0.0556. The van der Waals surface area contributed by atoms with Gasteiger partial charge in [-0.25, -0.2) is 4.98 Å². The number of benzene rings is 2. The van der Waals surface area contributed by atoms with E-state index in [2.05, 4.69) is 20.1 Å². The van der Waals surface area contributed by atoms with Crippen LogP contribution in [0.1, 0.15) is 5.56 Å². The zero-order chi connectivity index (χ0) is 18.9. The number of nitrogens with one attached hydrogen (secondary N) is 1. The van der Waals surface area contributed by atoms with E-state index < -0.39 is 11.7 Å². The first-order chi connectivity index (χ1) is 13.0. The maximum Gasteiger partial charge on any atom is 0.416 e. The number of rotatable bonds is 4. The molecule has 0 amide bonds. The zero-order valence-corrected chi connectivity index (χ0v) is 13.6. The Balaban J connectivity index is 1.48. The molecule has 0 saturated carbocycles. The Morgan fingerprint density at radius 2 is 1.59 bits per heavy atom. The van der Waals surface area contributed by atoms with Crippen molar-refractivity contribution in [3.63, 3.8) is 0 Å². The number of aromatic amines is 1. The molecule has 136 valence electrons. The molecule has 6 nitrogen and oxygen atoms in total. The van der Waals surface area contributed by atoms with Gasteiger partial charge in [0.1, 0.15) is 17.2 Å². The molecule has 4 rings (SSSR count). The van der Waals surface area contributed by atoms with Crippen molar-refractivity contribution in [2.45, 2.75) is 6.18 Å². The molecule has 1 N–H and O–H groups in total. The molecule has 0 aliphatic carbocycles. The van der Waals surface area contributed by atoms with Gasteiger partial charge in [0.15, 0.2) is 0 Å². The van der Waals surface area contributed by atoms with Gasteiger partial charge in [-0.05, 0) is 48.5 Å². The van der Waals surface area contributed by atoms with Crippen molar-refractivity contribution in [3.05, 3.63) is 66.6 Å². The molecule has 4 aromatic rings. The van der Waals surface area contributed by atoms with Crippen LogP contribution < -0.4 is 4.74 Å². The van der Waals surface area contributed by atoms with Crippen molar-refractivity contribution in [1.29, 1.82) is 0 Å². The number of H-pyrrole nitrogens is 1. The van der Waals surface area contributed by atoms with Gasteiger partial charge in [-0.1, -0.05) is 5.16 Å². The highest BCUT2D eigenvalue weighted by atomic mass is 19.4. The molecular weight excluding hydrogens is 361 g/mol. The molecule has 0 fully saturated rings. The Morgan fingerprint density at radius 3 is 2.19 bits per heavy atom. The van der Waals surface area contributed by atoms with Crippen molar-refractivity contribution in [1.82, 2.24) is 20.1 Å². The number of hydrogen-bond donors (Lipinski definition) is 1. The summed E-state index contributed by atoms with van der Waals surface area (Å²) < 4.78 is 48.5. The molecular formula is C18H11F3N4O2.